The van der Waals surface area contributed by atoms with Crippen LogP contribution in [0.3, 0.4) is 0 Å². The second-order valence-electron chi connectivity index (χ2n) is 6.86. The Balaban J connectivity index is 1.33. The highest BCUT2D eigenvalue weighted by molar-refractivity contribution is 5.93. The molecule has 1 aromatic carbocycles. The van der Waals surface area contributed by atoms with Gasteiger partial charge in [0, 0.05) is 18.9 Å². The molecule has 1 fully saturated rings. The van der Waals surface area contributed by atoms with Crippen molar-refractivity contribution < 1.29 is 14.3 Å². The number of aryl methyl sites for hydroxylation is 1. The Hall–Kier alpha value is -3.33. The van der Waals surface area contributed by atoms with E-state index in [0.29, 0.717) is 23.9 Å². The minimum absolute atomic E-state index is 0.124. The van der Waals surface area contributed by atoms with Gasteiger partial charge in [0.05, 0.1) is 23.9 Å². The fourth-order valence-corrected chi connectivity index (χ4v) is 3.02. The third kappa shape index (κ3) is 4.75. The normalized spacial score (nSPS) is 16.0. The van der Waals surface area contributed by atoms with Gasteiger partial charge in [-0.2, -0.15) is 4.68 Å². The molecular formula is C20H22N6O3. The van der Waals surface area contributed by atoms with E-state index in [1.807, 2.05) is 31.2 Å². The van der Waals surface area contributed by atoms with Crippen molar-refractivity contribution in [3.8, 4) is 11.6 Å². The van der Waals surface area contributed by atoms with Crippen LogP contribution < -0.4 is 10.1 Å². The Morgan fingerprint density at radius 3 is 2.86 bits per heavy atom. The summed E-state index contributed by atoms with van der Waals surface area (Å²) in [5, 5.41) is 14.5. The topological polar surface area (TPSA) is 104 Å². The molecule has 1 aliphatic rings. The zero-order chi connectivity index (χ0) is 20.1. The van der Waals surface area contributed by atoms with Crippen molar-refractivity contribution >= 4 is 5.91 Å². The first-order valence-electron chi connectivity index (χ1n) is 9.52. The number of hydrogen-bond donors (Lipinski definition) is 1. The summed E-state index contributed by atoms with van der Waals surface area (Å²) in [5.41, 5.74) is 2.41. The molecule has 3 heterocycles. The first-order valence-corrected chi connectivity index (χ1v) is 9.52. The summed E-state index contributed by atoms with van der Waals surface area (Å²) >= 11 is 0. The second-order valence-corrected chi connectivity index (χ2v) is 6.86. The van der Waals surface area contributed by atoms with Crippen molar-refractivity contribution in [3.63, 3.8) is 0 Å². The molecule has 4 rings (SSSR count). The molecular weight excluding hydrogens is 372 g/mol. The number of amides is 1. The van der Waals surface area contributed by atoms with Crippen LogP contribution >= 0.6 is 0 Å². The summed E-state index contributed by atoms with van der Waals surface area (Å²) in [6.07, 6.45) is 3.68. The average Bonchev–Trinajstić information content (AvgIpc) is 3.43. The Morgan fingerprint density at radius 2 is 2.14 bits per heavy atom. The lowest BCUT2D eigenvalue weighted by atomic mass is 10.2. The van der Waals surface area contributed by atoms with E-state index < -0.39 is 0 Å². The molecule has 1 amide bonds. The monoisotopic (exact) mass is 394 g/mol. The van der Waals surface area contributed by atoms with E-state index in [2.05, 4.69) is 25.8 Å². The van der Waals surface area contributed by atoms with Crippen LogP contribution in [0.15, 0.2) is 42.6 Å². The van der Waals surface area contributed by atoms with Gasteiger partial charge in [0.2, 0.25) is 5.88 Å². The number of nitrogens with one attached hydrogen (secondary N) is 1. The maximum absolute atomic E-state index is 12.4. The highest BCUT2D eigenvalue weighted by Gasteiger charge is 2.16. The Labute approximate surface area is 168 Å². The SMILES string of the molecule is Cc1ccc(-n2nnnc2CNC(=O)c2ccc(OCC3CCCO3)nc2)cc1. The number of carbonyl (C=O) groups excluding carboxylic acids is 1. The van der Waals surface area contributed by atoms with Crippen molar-refractivity contribution in [2.45, 2.75) is 32.4 Å². The van der Waals surface area contributed by atoms with E-state index in [9.17, 15) is 4.79 Å². The van der Waals surface area contributed by atoms with E-state index in [-0.39, 0.29) is 18.6 Å². The van der Waals surface area contributed by atoms with Crippen molar-refractivity contribution in [2.75, 3.05) is 13.2 Å². The number of tetrazole rings is 1. The molecule has 3 aromatic rings. The second kappa shape index (κ2) is 8.78. The fraction of sp³-hybridized carbons (Fsp3) is 0.350. The molecule has 0 radical (unpaired) electrons. The summed E-state index contributed by atoms with van der Waals surface area (Å²) < 4.78 is 12.7. The van der Waals surface area contributed by atoms with Crippen LogP contribution in [0.5, 0.6) is 5.88 Å². The average molecular weight is 394 g/mol. The lowest BCUT2D eigenvalue weighted by Gasteiger charge is -2.11. The van der Waals surface area contributed by atoms with Crippen LogP contribution in [0, 0.1) is 6.92 Å². The lowest BCUT2D eigenvalue weighted by Crippen LogP contribution is -2.25. The Bertz CT molecular complexity index is 949. The minimum Gasteiger partial charge on any atom is -0.475 e. The minimum atomic E-state index is -0.262. The van der Waals surface area contributed by atoms with Gasteiger partial charge in [-0.25, -0.2) is 4.98 Å². The summed E-state index contributed by atoms with van der Waals surface area (Å²) in [6, 6.07) is 11.2. The van der Waals surface area contributed by atoms with E-state index in [4.69, 9.17) is 9.47 Å². The molecule has 1 atom stereocenters. The molecule has 29 heavy (non-hydrogen) atoms. The molecule has 9 nitrogen and oxygen atoms in total. The number of rotatable bonds is 7. The van der Waals surface area contributed by atoms with E-state index in [1.165, 1.54) is 6.20 Å². The molecule has 1 N–H and O–H groups in total. The van der Waals surface area contributed by atoms with E-state index in [1.54, 1.807) is 16.8 Å². The molecule has 0 aliphatic carbocycles. The zero-order valence-electron chi connectivity index (χ0n) is 16.1. The van der Waals surface area contributed by atoms with Crippen LogP contribution in [-0.4, -0.2) is 50.4 Å². The number of carbonyl (C=O) groups is 1. The van der Waals surface area contributed by atoms with Gasteiger partial charge >= 0.3 is 0 Å². The van der Waals surface area contributed by atoms with E-state index >= 15 is 0 Å². The smallest absolute Gasteiger partial charge is 0.253 e. The maximum atomic E-state index is 12.4. The highest BCUT2D eigenvalue weighted by Crippen LogP contribution is 2.15. The van der Waals surface area contributed by atoms with Crippen molar-refractivity contribution in [3.05, 3.63) is 59.5 Å². The number of benzene rings is 1. The first-order chi connectivity index (χ1) is 14.2. The van der Waals surface area contributed by atoms with Crippen LogP contribution in [-0.2, 0) is 11.3 Å². The number of nitrogens with zero attached hydrogens (tertiary/aromatic N) is 5. The molecule has 9 heteroatoms. The van der Waals surface area contributed by atoms with Crippen LogP contribution in [0.25, 0.3) is 5.69 Å². The van der Waals surface area contributed by atoms with Gasteiger partial charge < -0.3 is 14.8 Å². The summed E-state index contributed by atoms with van der Waals surface area (Å²) in [7, 11) is 0. The third-order valence-electron chi connectivity index (χ3n) is 4.66. The summed E-state index contributed by atoms with van der Waals surface area (Å²) in [6.45, 7) is 3.46. The standard InChI is InChI=1S/C20H22N6O3/c1-14-4-7-16(8-5-14)26-18(23-24-25-26)12-22-20(27)15-6-9-19(21-11-15)29-13-17-3-2-10-28-17/h4-9,11,17H,2-3,10,12-13H2,1H3,(H,22,27). The first kappa shape index (κ1) is 19.0. The predicted octanol–water partition coefficient (Wildman–Crippen LogP) is 1.85. The molecule has 150 valence electrons. The Kier molecular flexibility index (Phi) is 5.76. The molecule has 2 aromatic heterocycles. The van der Waals surface area contributed by atoms with Crippen LogP contribution in [0.1, 0.15) is 34.6 Å². The van der Waals surface area contributed by atoms with Gasteiger partial charge in [-0.1, -0.05) is 17.7 Å². The van der Waals surface area contributed by atoms with Gasteiger partial charge in [-0.05, 0) is 48.4 Å². The molecule has 1 saturated heterocycles. The van der Waals surface area contributed by atoms with Gasteiger partial charge in [0.1, 0.15) is 6.61 Å². The summed E-state index contributed by atoms with van der Waals surface area (Å²) in [4.78, 5) is 16.6. The van der Waals surface area contributed by atoms with Crippen LogP contribution in [0.2, 0.25) is 0 Å². The molecule has 1 unspecified atom stereocenters. The highest BCUT2D eigenvalue weighted by atomic mass is 16.5. The zero-order valence-corrected chi connectivity index (χ0v) is 16.1. The lowest BCUT2D eigenvalue weighted by molar-refractivity contribution is 0.0663. The predicted molar refractivity (Wildman–Crippen MR) is 104 cm³/mol. The summed E-state index contributed by atoms with van der Waals surface area (Å²) in [5.74, 6) is 0.744. The van der Waals surface area contributed by atoms with Gasteiger partial charge in [0.15, 0.2) is 5.82 Å². The van der Waals surface area contributed by atoms with Crippen LogP contribution in [0.4, 0.5) is 0 Å². The number of ether oxygens (including phenoxy) is 2. The Morgan fingerprint density at radius 1 is 1.28 bits per heavy atom. The largest absolute Gasteiger partial charge is 0.475 e. The van der Waals surface area contributed by atoms with Gasteiger partial charge in [-0.15, -0.1) is 5.10 Å². The van der Waals surface area contributed by atoms with Gasteiger partial charge in [-0.3, -0.25) is 4.79 Å². The quantitative estimate of drug-likeness (QED) is 0.652. The molecule has 0 saturated carbocycles. The van der Waals surface area contributed by atoms with Crippen molar-refractivity contribution in [2.24, 2.45) is 0 Å². The number of pyridine rings is 1. The van der Waals surface area contributed by atoms with E-state index in [0.717, 1.165) is 30.7 Å². The molecule has 0 spiro atoms. The molecule has 1 aliphatic heterocycles. The van der Waals surface area contributed by atoms with Crippen molar-refractivity contribution in [1.29, 1.82) is 0 Å². The number of aromatic nitrogens is 5. The maximum Gasteiger partial charge on any atom is 0.253 e. The molecule has 0 bridgehead atoms. The van der Waals surface area contributed by atoms with Gasteiger partial charge in [0.25, 0.3) is 5.91 Å². The van der Waals surface area contributed by atoms with Crippen molar-refractivity contribution in [1.82, 2.24) is 30.5 Å². The third-order valence-corrected chi connectivity index (χ3v) is 4.66. The fourth-order valence-electron chi connectivity index (χ4n) is 3.02. The number of hydrogen-bond acceptors (Lipinski definition) is 7.